The van der Waals surface area contributed by atoms with E-state index in [1.54, 1.807) is 13.0 Å². The van der Waals surface area contributed by atoms with Gasteiger partial charge < -0.3 is 15.6 Å². The minimum atomic E-state index is -0.426. The fraction of sp³-hybridized carbons (Fsp3) is 0.556. The van der Waals surface area contributed by atoms with E-state index < -0.39 is 5.54 Å². The number of nitrogens with two attached hydrogens (primary N) is 1. The summed E-state index contributed by atoms with van der Waals surface area (Å²) in [5.74, 6) is -0.0733. The van der Waals surface area contributed by atoms with Crippen molar-refractivity contribution in [2.24, 2.45) is 5.73 Å². The van der Waals surface area contributed by atoms with Crippen LogP contribution in [0.15, 0.2) is 10.6 Å². The van der Waals surface area contributed by atoms with Crippen molar-refractivity contribution in [2.45, 2.75) is 26.3 Å². The Labute approximate surface area is 82.6 Å². The van der Waals surface area contributed by atoms with Gasteiger partial charge in [0, 0.05) is 18.2 Å². The Balaban J connectivity index is 2.52. The molecular weight excluding hydrogens is 182 g/mol. The van der Waals surface area contributed by atoms with Crippen LogP contribution in [0.25, 0.3) is 0 Å². The van der Waals surface area contributed by atoms with Gasteiger partial charge >= 0.3 is 0 Å². The molecule has 1 heterocycles. The summed E-state index contributed by atoms with van der Waals surface area (Å²) >= 11 is 0. The zero-order valence-electron chi connectivity index (χ0n) is 8.63. The second kappa shape index (κ2) is 3.79. The lowest BCUT2D eigenvalue weighted by atomic mass is 10.1. The predicted octanol–water partition coefficient (Wildman–Crippen LogP) is 0.450. The number of aromatic nitrogens is 1. The Morgan fingerprint density at radius 1 is 1.71 bits per heavy atom. The Morgan fingerprint density at radius 2 is 2.36 bits per heavy atom. The number of nitrogens with zero attached hydrogens (tertiary/aromatic N) is 1. The molecule has 0 bridgehead atoms. The SMILES string of the molecule is Cc1cc(C(=O)NCC(C)(C)N)on1. The molecule has 1 aromatic rings. The van der Waals surface area contributed by atoms with Crippen molar-refractivity contribution in [1.29, 1.82) is 0 Å². The number of amides is 1. The van der Waals surface area contributed by atoms with Crippen molar-refractivity contribution in [3.63, 3.8) is 0 Å². The Morgan fingerprint density at radius 3 is 2.79 bits per heavy atom. The fourth-order valence-corrected chi connectivity index (χ4v) is 0.866. The lowest BCUT2D eigenvalue weighted by Crippen LogP contribution is -2.45. The van der Waals surface area contributed by atoms with Crippen LogP contribution in [0.1, 0.15) is 30.1 Å². The molecule has 0 atom stereocenters. The first-order valence-electron chi connectivity index (χ1n) is 4.39. The summed E-state index contributed by atoms with van der Waals surface area (Å²) in [6.07, 6.45) is 0. The number of aryl methyl sites for hydroxylation is 1. The third-order valence-corrected chi connectivity index (χ3v) is 1.56. The molecule has 14 heavy (non-hydrogen) atoms. The zero-order chi connectivity index (χ0) is 10.8. The smallest absolute Gasteiger partial charge is 0.289 e. The van der Waals surface area contributed by atoms with Crippen molar-refractivity contribution >= 4 is 5.91 Å². The maximum absolute atomic E-state index is 11.4. The topological polar surface area (TPSA) is 81.2 Å². The fourth-order valence-electron chi connectivity index (χ4n) is 0.866. The molecule has 1 aromatic heterocycles. The average molecular weight is 197 g/mol. The largest absolute Gasteiger partial charge is 0.351 e. The zero-order valence-corrected chi connectivity index (χ0v) is 8.63. The molecule has 3 N–H and O–H groups in total. The highest BCUT2D eigenvalue weighted by Crippen LogP contribution is 2.02. The highest BCUT2D eigenvalue weighted by atomic mass is 16.5. The van der Waals surface area contributed by atoms with Crippen LogP contribution in [-0.2, 0) is 0 Å². The Bertz CT molecular complexity index is 325. The molecular formula is C9H15N3O2. The van der Waals surface area contributed by atoms with E-state index in [1.165, 1.54) is 0 Å². The first kappa shape index (κ1) is 10.7. The first-order chi connectivity index (χ1) is 6.38. The van der Waals surface area contributed by atoms with Gasteiger partial charge in [0.25, 0.3) is 5.91 Å². The molecule has 0 aliphatic rings. The summed E-state index contributed by atoms with van der Waals surface area (Å²) in [5, 5.41) is 6.27. The van der Waals surface area contributed by atoms with Crippen LogP contribution < -0.4 is 11.1 Å². The summed E-state index contributed by atoms with van der Waals surface area (Å²) in [7, 11) is 0. The second-order valence-corrected chi connectivity index (χ2v) is 4.00. The first-order valence-corrected chi connectivity index (χ1v) is 4.39. The van der Waals surface area contributed by atoms with E-state index in [4.69, 9.17) is 10.3 Å². The van der Waals surface area contributed by atoms with E-state index in [0.29, 0.717) is 12.2 Å². The number of rotatable bonds is 3. The van der Waals surface area contributed by atoms with Gasteiger partial charge in [0.05, 0.1) is 5.69 Å². The number of hydrogen-bond donors (Lipinski definition) is 2. The van der Waals surface area contributed by atoms with Gasteiger partial charge in [-0.3, -0.25) is 4.79 Å². The van der Waals surface area contributed by atoms with Crippen molar-refractivity contribution in [3.8, 4) is 0 Å². The quantitative estimate of drug-likeness (QED) is 0.737. The molecule has 0 fully saturated rings. The molecule has 0 saturated heterocycles. The maximum atomic E-state index is 11.4. The third-order valence-electron chi connectivity index (χ3n) is 1.56. The van der Waals surface area contributed by atoms with Gasteiger partial charge in [-0.2, -0.15) is 0 Å². The summed E-state index contributed by atoms with van der Waals surface area (Å²) < 4.78 is 4.79. The summed E-state index contributed by atoms with van der Waals surface area (Å²) in [6, 6.07) is 1.58. The van der Waals surface area contributed by atoms with Gasteiger partial charge in [-0.15, -0.1) is 0 Å². The Kier molecular flexibility index (Phi) is 2.90. The average Bonchev–Trinajstić information content (AvgIpc) is 2.46. The predicted molar refractivity (Wildman–Crippen MR) is 51.8 cm³/mol. The highest BCUT2D eigenvalue weighted by molar-refractivity contribution is 5.91. The van der Waals surface area contributed by atoms with E-state index in [2.05, 4.69) is 10.5 Å². The van der Waals surface area contributed by atoms with Crippen LogP contribution in [0.5, 0.6) is 0 Å². The van der Waals surface area contributed by atoms with Crippen molar-refractivity contribution in [1.82, 2.24) is 10.5 Å². The van der Waals surface area contributed by atoms with Crippen molar-refractivity contribution in [3.05, 3.63) is 17.5 Å². The maximum Gasteiger partial charge on any atom is 0.289 e. The van der Waals surface area contributed by atoms with E-state index in [-0.39, 0.29) is 11.7 Å². The summed E-state index contributed by atoms with van der Waals surface area (Å²) in [5.41, 5.74) is 5.96. The van der Waals surface area contributed by atoms with Crippen LogP contribution in [0.4, 0.5) is 0 Å². The minimum absolute atomic E-state index is 0.215. The molecule has 1 amide bonds. The highest BCUT2D eigenvalue weighted by Gasteiger charge is 2.15. The van der Waals surface area contributed by atoms with Gasteiger partial charge in [-0.05, 0) is 20.8 Å². The Hall–Kier alpha value is -1.36. The molecule has 0 saturated carbocycles. The normalized spacial score (nSPS) is 11.4. The van der Waals surface area contributed by atoms with Gasteiger partial charge in [-0.1, -0.05) is 5.16 Å². The van der Waals surface area contributed by atoms with Crippen LogP contribution in [-0.4, -0.2) is 23.1 Å². The lowest BCUT2D eigenvalue weighted by molar-refractivity contribution is 0.0909. The third kappa shape index (κ3) is 3.18. The van der Waals surface area contributed by atoms with Crippen LogP contribution in [0.3, 0.4) is 0 Å². The van der Waals surface area contributed by atoms with Crippen LogP contribution >= 0.6 is 0 Å². The number of nitrogens with one attached hydrogen (secondary N) is 1. The molecule has 78 valence electrons. The monoisotopic (exact) mass is 197 g/mol. The van der Waals surface area contributed by atoms with E-state index >= 15 is 0 Å². The van der Waals surface area contributed by atoms with Gasteiger partial charge in [0.15, 0.2) is 0 Å². The standard InChI is InChI=1S/C9H15N3O2/c1-6-4-7(14-12-6)8(13)11-5-9(2,3)10/h4H,5,10H2,1-3H3,(H,11,13). The summed E-state index contributed by atoms with van der Waals surface area (Å²) in [6.45, 7) is 5.82. The summed E-state index contributed by atoms with van der Waals surface area (Å²) in [4.78, 5) is 11.4. The molecule has 5 heteroatoms. The van der Waals surface area contributed by atoms with Crippen LogP contribution in [0, 0.1) is 6.92 Å². The molecule has 0 spiro atoms. The minimum Gasteiger partial charge on any atom is -0.351 e. The number of hydrogen-bond acceptors (Lipinski definition) is 4. The van der Waals surface area contributed by atoms with Gasteiger partial charge in [0.1, 0.15) is 0 Å². The molecule has 0 aliphatic carbocycles. The van der Waals surface area contributed by atoms with E-state index in [1.807, 2.05) is 13.8 Å². The molecule has 1 rings (SSSR count). The number of carbonyl (C=O) groups excluding carboxylic acids is 1. The molecule has 5 nitrogen and oxygen atoms in total. The lowest BCUT2D eigenvalue weighted by Gasteiger charge is -2.17. The molecule has 0 radical (unpaired) electrons. The van der Waals surface area contributed by atoms with Crippen molar-refractivity contribution in [2.75, 3.05) is 6.54 Å². The molecule has 0 aliphatic heterocycles. The molecule has 0 aromatic carbocycles. The van der Waals surface area contributed by atoms with E-state index in [0.717, 1.165) is 0 Å². The van der Waals surface area contributed by atoms with Gasteiger partial charge in [0.2, 0.25) is 5.76 Å². The number of carbonyl (C=O) groups is 1. The van der Waals surface area contributed by atoms with Gasteiger partial charge in [-0.25, -0.2) is 0 Å². The second-order valence-electron chi connectivity index (χ2n) is 4.00. The van der Waals surface area contributed by atoms with E-state index in [9.17, 15) is 4.79 Å². The van der Waals surface area contributed by atoms with Crippen LogP contribution in [0.2, 0.25) is 0 Å². The molecule has 0 unspecified atom stereocenters. The van der Waals surface area contributed by atoms with Crippen molar-refractivity contribution < 1.29 is 9.32 Å².